The van der Waals surface area contributed by atoms with E-state index in [1.807, 2.05) is 66.7 Å². The second-order valence-corrected chi connectivity index (χ2v) is 6.60. The van der Waals surface area contributed by atoms with E-state index in [4.69, 9.17) is 0 Å². The molecule has 0 heterocycles. The van der Waals surface area contributed by atoms with Crippen LogP contribution in [0.5, 0.6) is 0 Å². The van der Waals surface area contributed by atoms with E-state index < -0.39 is 0 Å². The molecule has 3 heteroatoms. The molecule has 3 aromatic rings. The van der Waals surface area contributed by atoms with Crippen LogP contribution in [0, 0.1) is 6.92 Å². The van der Waals surface area contributed by atoms with Crippen LogP contribution in [-0.4, -0.2) is 5.91 Å². The zero-order valence-corrected chi connectivity index (χ0v) is 15.0. The third kappa shape index (κ3) is 3.74. The highest BCUT2D eigenvalue weighted by atomic mass is 79.9. The number of hydrogen-bond donors (Lipinski definition) is 1. The number of rotatable bonds is 4. The van der Waals surface area contributed by atoms with Crippen molar-refractivity contribution in [1.29, 1.82) is 0 Å². The van der Waals surface area contributed by atoms with E-state index >= 15 is 0 Å². The lowest BCUT2D eigenvalue weighted by molar-refractivity contribution is 0.0943. The molecular formula is C21H18BrNO. The van der Waals surface area contributed by atoms with Crippen molar-refractivity contribution in [2.45, 2.75) is 13.0 Å². The highest BCUT2D eigenvalue weighted by Gasteiger charge is 2.19. The first-order chi connectivity index (χ1) is 11.6. The maximum absolute atomic E-state index is 12.7. The Balaban J connectivity index is 1.95. The fourth-order valence-electron chi connectivity index (χ4n) is 2.71. The van der Waals surface area contributed by atoms with Gasteiger partial charge < -0.3 is 5.32 Å². The van der Waals surface area contributed by atoms with Gasteiger partial charge in [0.1, 0.15) is 0 Å². The Labute approximate surface area is 150 Å². The molecule has 0 radical (unpaired) electrons. The van der Waals surface area contributed by atoms with Crippen LogP contribution in [0.25, 0.3) is 0 Å². The fourth-order valence-corrected chi connectivity index (χ4v) is 2.98. The minimum Gasteiger partial charge on any atom is -0.341 e. The SMILES string of the molecule is Cc1ccccc1[C@H](NC(=O)c1ccc(Br)cc1)c1ccccc1. The molecule has 0 aliphatic carbocycles. The second kappa shape index (κ2) is 7.45. The van der Waals surface area contributed by atoms with E-state index in [-0.39, 0.29) is 11.9 Å². The van der Waals surface area contributed by atoms with Crippen LogP contribution in [0.1, 0.15) is 33.1 Å². The van der Waals surface area contributed by atoms with Gasteiger partial charge in [-0.2, -0.15) is 0 Å². The highest BCUT2D eigenvalue weighted by molar-refractivity contribution is 9.10. The van der Waals surface area contributed by atoms with Crippen molar-refractivity contribution >= 4 is 21.8 Å². The first kappa shape index (κ1) is 16.5. The van der Waals surface area contributed by atoms with Gasteiger partial charge in [0.15, 0.2) is 0 Å². The molecule has 1 atom stereocenters. The first-order valence-electron chi connectivity index (χ1n) is 7.82. The lowest BCUT2D eigenvalue weighted by Crippen LogP contribution is -2.29. The fraction of sp³-hybridized carbons (Fsp3) is 0.0952. The number of aryl methyl sites for hydroxylation is 1. The molecule has 24 heavy (non-hydrogen) atoms. The number of halogens is 1. The van der Waals surface area contributed by atoms with Crippen LogP contribution in [-0.2, 0) is 0 Å². The summed E-state index contributed by atoms with van der Waals surface area (Å²) in [6, 6.07) is 25.4. The Morgan fingerprint density at radius 1 is 0.875 bits per heavy atom. The topological polar surface area (TPSA) is 29.1 Å². The molecule has 120 valence electrons. The van der Waals surface area contributed by atoms with Crippen molar-refractivity contribution < 1.29 is 4.79 Å². The zero-order valence-electron chi connectivity index (χ0n) is 13.4. The van der Waals surface area contributed by atoms with Crippen molar-refractivity contribution in [3.05, 3.63) is 106 Å². The largest absolute Gasteiger partial charge is 0.341 e. The molecule has 0 aliphatic heterocycles. The predicted molar refractivity (Wildman–Crippen MR) is 101 cm³/mol. The number of amides is 1. The highest BCUT2D eigenvalue weighted by Crippen LogP contribution is 2.25. The van der Waals surface area contributed by atoms with Crippen LogP contribution in [0.3, 0.4) is 0 Å². The molecule has 0 spiro atoms. The summed E-state index contributed by atoms with van der Waals surface area (Å²) in [4.78, 5) is 12.7. The number of hydrogen-bond acceptors (Lipinski definition) is 1. The van der Waals surface area contributed by atoms with Crippen molar-refractivity contribution in [3.8, 4) is 0 Å². The van der Waals surface area contributed by atoms with E-state index in [2.05, 4.69) is 40.3 Å². The Morgan fingerprint density at radius 3 is 2.17 bits per heavy atom. The van der Waals surface area contributed by atoms with Gasteiger partial charge in [-0.25, -0.2) is 0 Å². The van der Waals surface area contributed by atoms with Gasteiger partial charge in [0, 0.05) is 10.0 Å². The van der Waals surface area contributed by atoms with Gasteiger partial charge in [-0.05, 0) is 47.9 Å². The maximum Gasteiger partial charge on any atom is 0.252 e. The van der Waals surface area contributed by atoms with Crippen molar-refractivity contribution in [2.24, 2.45) is 0 Å². The van der Waals surface area contributed by atoms with Crippen molar-refractivity contribution in [3.63, 3.8) is 0 Å². The van der Waals surface area contributed by atoms with Crippen LogP contribution >= 0.6 is 15.9 Å². The summed E-state index contributed by atoms with van der Waals surface area (Å²) in [5, 5.41) is 3.17. The van der Waals surface area contributed by atoms with Gasteiger partial charge in [0.25, 0.3) is 5.91 Å². The van der Waals surface area contributed by atoms with Gasteiger partial charge in [-0.3, -0.25) is 4.79 Å². The molecule has 0 saturated heterocycles. The molecule has 0 fully saturated rings. The van der Waals surface area contributed by atoms with E-state index in [9.17, 15) is 4.79 Å². The van der Waals surface area contributed by atoms with E-state index in [1.54, 1.807) is 0 Å². The van der Waals surface area contributed by atoms with Gasteiger partial charge in [0.05, 0.1) is 6.04 Å². The molecule has 0 bridgehead atoms. The minimum absolute atomic E-state index is 0.0837. The molecule has 0 aromatic heterocycles. The lowest BCUT2D eigenvalue weighted by Gasteiger charge is -2.21. The number of carbonyl (C=O) groups excluding carboxylic acids is 1. The van der Waals surface area contributed by atoms with E-state index in [0.29, 0.717) is 5.56 Å². The van der Waals surface area contributed by atoms with Crippen LogP contribution in [0.15, 0.2) is 83.3 Å². The van der Waals surface area contributed by atoms with Crippen molar-refractivity contribution in [2.75, 3.05) is 0 Å². The van der Waals surface area contributed by atoms with E-state index in [0.717, 1.165) is 21.2 Å². The lowest BCUT2D eigenvalue weighted by atomic mass is 9.94. The standard InChI is InChI=1S/C21H18BrNO/c1-15-7-5-6-10-19(15)20(16-8-3-2-4-9-16)23-21(24)17-11-13-18(22)14-12-17/h2-14,20H,1H3,(H,23,24)/t20-/m1/s1. The predicted octanol–water partition coefficient (Wildman–Crippen LogP) is 5.28. The third-order valence-electron chi connectivity index (χ3n) is 4.01. The molecular weight excluding hydrogens is 362 g/mol. The van der Waals surface area contributed by atoms with Gasteiger partial charge >= 0.3 is 0 Å². The molecule has 1 amide bonds. The molecule has 0 saturated carbocycles. The average molecular weight is 380 g/mol. The van der Waals surface area contributed by atoms with Gasteiger partial charge in [0.2, 0.25) is 0 Å². The zero-order chi connectivity index (χ0) is 16.9. The number of carbonyl (C=O) groups is 1. The normalized spacial score (nSPS) is 11.8. The van der Waals surface area contributed by atoms with Crippen LogP contribution in [0.4, 0.5) is 0 Å². The molecule has 0 unspecified atom stereocenters. The molecule has 2 nitrogen and oxygen atoms in total. The Morgan fingerprint density at radius 2 is 1.50 bits per heavy atom. The molecule has 0 aliphatic rings. The average Bonchev–Trinajstić information content (AvgIpc) is 2.61. The Kier molecular flexibility index (Phi) is 5.11. The van der Waals surface area contributed by atoms with Crippen LogP contribution < -0.4 is 5.32 Å². The summed E-state index contributed by atoms with van der Waals surface area (Å²) < 4.78 is 0.956. The summed E-state index contributed by atoms with van der Waals surface area (Å²) in [7, 11) is 0. The Hall–Kier alpha value is -2.39. The maximum atomic E-state index is 12.7. The second-order valence-electron chi connectivity index (χ2n) is 5.68. The van der Waals surface area contributed by atoms with Gasteiger partial charge in [-0.1, -0.05) is 70.5 Å². The third-order valence-corrected chi connectivity index (χ3v) is 4.54. The monoisotopic (exact) mass is 379 g/mol. The molecule has 3 aromatic carbocycles. The minimum atomic E-state index is -0.177. The summed E-state index contributed by atoms with van der Waals surface area (Å²) >= 11 is 3.40. The summed E-state index contributed by atoms with van der Waals surface area (Å²) in [6.45, 7) is 2.07. The quantitative estimate of drug-likeness (QED) is 0.656. The smallest absolute Gasteiger partial charge is 0.252 e. The summed E-state index contributed by atoms with van der Waals surface area (Å²) in [6.07, 6.45) is 0. The summed E-state index contributed by atoms with van der Waals surface area (Å²) in [5.41, 5.74) is 3.97. The molecule has 3 rings (SSSR count). The number of nitrogens with one attached hydrogen (secondary N) is 1. The van der Waals surface area contributed by atoms with Crippen molar-refractivity contribution in [1.82, 2.24) is 5.32 Å². The number of benzene rings is 3. The van der Waals surface area contributed by atoms with Crippen LogP contribution in [0.2, 0.25) is 0 Å². The molecule has 1 N–H and O–H groups in total. The first-order valence-corrected chi connectivity index (χ1v) is 8.61. The Bertz CT molecular complexity index is 828. The van der Waals surface area contributed by atoms with Gasteiger partial charge in [-0.15, -0.1) is 0 Å². The van der Waals surface area contributed by atoms with E-state index in [1.165, 1.54) is 0 Å². The summed E-state index contributed by atoms with van der Waals surface area (Å²) in [5.74, 6) is -0.0837.